The highest BCUT2D eigenvalue weighted by Gasteiger charge is 2.24. The van der Waals surface area contributed by atoms with Crippen molar-refractivity contribution in [3.63, 3.8) is 0 Å². The van der Waals surface area contributed by atoms with Crippen molar-refractivity contribution < 1.29 is 0 Å². The minimum atomic E-state index is 0.606. The van der Waals surface area contributed by atoms with Gasteiger partial charge in [0.1, 0.15) is 5.82 Å². The predicted molar refractivity (Wildman–Crippen MR) is 63.8 cm³/mol. The van der Waals surface area contributed by atoms with Gasteiger partial charge in [-0.3, -0.25) is 4.90 Å². The molecule has 4 heteroatoms. The second kappa shape index (κ2) is 5.03. The molecular weight excluding hydrogens is 254 g/mol. The first-order valence-corrected chi connectivity index (χ1v) is 6.29. The molecule has 1 aliphatic rings. The van der Waals surface area contributed by atoms with Crippen molar-refractivity contribution in [1.29, 1.82) is 0 Å². The molecule has 1 fully saturated rings. The monoisotopic (exact) mass is 269 g/mol. The van der Waals surface area contributed by atoms with Gasteiger partial charge in [0, 0.05) is 23.8 Å². The van der Waals surface area contributed by atoms with Gasteiger partial charge in [-0.05, 0) is 24.9 Å². The van der Waals surface area contributed by atoms with Crippen LogP contribution in [0.15, 0.2) is 18.5 Å². The fraction of sp³-hybridized carbons (Fsp3) is 0.636. The van der Waals surface area contributed by atoms with E-state index in [0.717, 1.165) is 31.4 Å². The van der Waals surface area contributed by atoms with Crippen LogP contribution < -0.4 is 0 Å². The Bertz CT molecular complexity index is 304. The van der Waals surface area contributed by atoms with E-state index in [9.17, 15) is 0 Å². The number of piperidine rings is 1. The molecule has 0 saturated carbocycles. The SMILES string of the molecule is CC1CCN(Cc2ncccn2)CC1Br. The van der Waals surface area contributed by atoms with E-state index in [-0.39, 0.29) is 0 Å². The first-order chi connectivity index (χ1) is 7.25. The minimum Gasteiger partial charge on any atom is -0.295 e. The summed E-state index contributed by atoms with van der Waals surface area (Å²) in [4.78, 5) is 11.5. The molecule has 0 N–H and O–H groups in total. The van der Waals surface area contributed by atoms with Crippen LogP contribution >= 0.6 is 15.9 Å². The van der Waals surface area contributed by atoms with Crippen LogP contribution in [0.25, 0.3) is 0 Å². The molecule has 0 amide bonds. The van der Waals surface area contributed by atoms with Crippen LogP contribution in [0.4, 0.5) is 0 Å². The summed E-state index contributed by atoms with van der Waals surface area (Å²) in [6, 6.07) is 1.86. The van der Waals surface area contributed by atoms with Crippen molar-refractivity contribution in [1.82, 2.24) is 14.9 Å². The molecule has 82 valence electrons. The Morgan fingerprint density at radius 2 is 2.20 bits per heavy atom. The molecule has 0 bridgehead atoms. The maximum absolute atomic E-state index is 4.25. The second-order valence-electron chi connectivity index (χ2n) is 4.18. The molecule has 0 radical (unpaired) electrons. The van der Waals surface area contributed by atoms with Gasteiger partial charge in [-0.2, -0.15) is 0 Å². The summed E-state index contributed by atoms with van der Waals surface area (Å²) in [5.74, 6) is 1.70. The Labute approximate surface area is 99.0 Å². The van der Waals surface area contributed by atoms with E-state index in [1.54, 1.807) is 12.4 Å². The topological polar surface area (TPSA) is 29.0 Å². The number of aromatic nitrogens is 2. The molecule has 0 spiro atoms. The molecule has 3 nitrogen and oxygen atoms in total. The van der Waals surface area contributed by atoms with Crippen molar-refractivity contribution in [2.24, 2.45) is 5.92 Å². The molecule has 1 saturated heterocycles. The Kier molecular flexibility index (Phi) is 3.70. The number of likely N-dealkylation sites (tertiary alicyclic amines) is 1. The summed E-state index contributed by atoms with van der Waals surface area (Å²) in [7, 11) is 0. The highest BCUT2D eigenvalue weighted by molar-refractivity contribution is 9.09. The lowest BCUT2D eigenvalue weighted by Gasteiger charge is -2.33. The third kappa shape index (κ3) is 2.98. The van der Waals surface area contributed by atoms with Crippen molar-refractivity contribution in [2.45, 2.75) is 24.7 Å². The predicted octanol–water partition coefficient (Wildman–Crippen LogP) is 2.08. The quantitative estimate of drug-likeness (QED) is 0.770. The number of halogens is 1. The molecule has 15 heavy (non-hydrogen) atoms. The van der Waals surface area contributed by atoms with Gasteiger partial charge in [-0.15, -0.1) is 0 Å². The van der Waals surface area contributed by atoms with Gasteiger partial charge in [0.2, 0.25) is 0 Å². The average Bonchev–Trinajstić information content (AvgIpc) is 2.25. The van der Waals surface area contributed by atoms with E-state index in [1.807, 2.05) is 6.07 Å². The van der Waals surface area contributed by atoms with Crippen molar-refractivity contribution in [2.75, 3.05) is 13.1 Å². The molecular formula is C11H16BrN3. The van der Waals surface area contributed by atoms with Crippen LogP contribution in [-0.2, 0) is 6.54 Å². The fourth-order valence-corrected chi connectivity index (χ4v) is 2.51. The van der Waals surface area contributed by atoms with Crippen LogP contribution in [-0.4, -0.2) is 32.8 Å². The highest BCUT2D eigenvalue weighted by atomic mass is 79.9. The zero-order valence-corrected chi connectivity index (χ0v) is 10.5. The smallest absolute Gasteiger partial charge is 0.142 e. The van der Waals surface area contributed by atoms with Crippen LogP contribution in [0.5, 0.6) is 0 Å². The van der Waals surface area contributed by atoms with Gasteiger partial charge in [-0.1, -0.05) is 22.9 Å². The zero-order chi connectivity index (χ0) is 10.7. The number of nitrogens with zero attached hydrogens (tertiary/aromatic N) is 3. The van der Waals surface area contributed by atoms with Crippen molar-refractivity contribution in [3.05, 3.63) is 24.3 Å². The standard InChI is InChI=1S/C11H16BrN3/c1-9-3-6-15(7-10(9)12)8-11-13-4-2-5-14-11/h2,4-5,9-10H,3,6-8H2,1H3. The summed E-state index contributed by atoms with van der Waals surface area (Å²) in [5, 5.41) is 0. The summed E-state index contributed by atoms with van der Waals surface area (Å²) in [6.45, 7) is 5.42. The molecule has 2 unspecified atom stereocenters. The Hall–Kier alpha value is -0.480. The van der Waals surface area contributed by atoms with E-state index >= 15 is 0 Å². The van der Waals surface area contributed by atoms with Crippen LogP contribution in [0, 0.1) is 5.92 Å². The Balaban J connectivity index is 1.91. The van der Waals surface area contributed by atoms with E-state index < -0.39 is 0 Å². The van der Waals surface area contributed by atoms with Gasteiger partial charge in [0.05, 0.1) is 6.54 Å². The fourth-order valence-electron chi connectivity index (χ4n) is 1.84. The Morgan fingerprint density at radius 3 is 2.87 bits per heavy atom. The molecule has 1 aromatic heterocycles. The number of hydrogen-bond acceptors (Lipinski definition) is 3. The average molecular weight is 270 g/mol. The lowest BCUT2D eigenvalue weighted by molar-refractivity contribution is 0.190. The molecule has 2 rings (SSSR count). The third-order valence-corrected chi connectivity index (χ3v) is 4.13. The summed E-state index contributed by atoms with van der Waals surface area (Å²) >= 11 is 3.72. The van der Waals surface area contributed by atoms with E-state index in [0.29, 0.717) is 4.83 Å². The minimum absolute atomic E-state index is 0.606. The van der Waals surface area contributed by atoms with Crippen molar-refractivity contribution in [3.8, 4) is 0 Å². The van der Waals surface area contributed by atoms with Crippen LogP contribution in [0.3, 0.4) is 0 Å². The highest BCUT2D eigenvalue weighted by Crippen LogP contribution is 2.23. The maximum atomic E-state index is 4.25. The second-order valence-corrected chi connectivity index (χ2v) is 5.36. The number of alkyl halides is 1. The maximum Gasteiger partial charge on any atom is 0.142 e. The van der Waals surface area contributed by atoms with Gasteiger partial charge in [0.25, 0.3) is 0 Å². The van der Waals surface area contributed by atoms with Gasteiger partial charge < -0.3 is 0 Å². The van der Waals surface area contributed by atoms with Gasteiger partial charge in [-0.25, -0.2) is 9.97 Å². The Morgan fingerprint density at radius 1 is 1.47 bits per heavy atom. The van der Waals surface area contributed by atoms with E-state index in [2.05, 4.69) is 37.7 Å². The number of rotatable bonds is 2. The summed E-state index contributed by atoms with van der Waals surface area (Å²) in [5.41, 5.74) is 0. The molecule has 2 atom stereocenters. The van der Waals surface area contributed by atoms with E-state index in [4.69, 9.17) is 0 Å². The summed E-state index contributed by atoms with van der Waals surface area (Å²) < 4.78 is 0. The molecule has 1 aromatic rings. The lowest BCUT2D eigenvalue weighted by atomic mass is 9.99. The molecule has 0 aliphatic carbocycles. The zero-order valence-electron chi connectivity index (χ0n) is 8.93. The van der Waals surface area contributed by atoms with Gasteiger partial charge >= 0.3 is 0 Å². The van der Waals surface area contributed by atoms with Crippen LogP contribution in [0.1, 0.15) is 19.2 Å². The lowest BCUT2D eigenvalue weighted by Crippen LogP contribution is -2.39. The number of hydrogen-bond donors (Lipinski definition) is 0. The third-order valence-electron chi connectivity index (χ3n) is 2.94. The van der Waals surface area contributed by atoms with Gasteiger partial charge in [0.15, 0.2) is 0 Å². The van der Waals surface area contributed by atoms with Crippen molar-refractivity contribution >= 4 is 15.9 Å². The molecule has 0 aromatic carbocycles. The van der Waals surface area contributed by atoms with E-state index in [1.165, 1.54) is 6.42 Å². The van der Waals surface area contributed by atoms with Crippen LogP contribution in [0.2, 0.25) is 0 Å². The molecule has 2 heterocycles. The largest absolute Gasteiger partial charge is 0.295 e. The normalized spacial score (nSPS) is 27.9. The first-order valence-electron chi connectivity index (χ1n) is 5.38. The molecule has 1 aliphatic heterocycles. The summed E-state index contributed by atoms with van der Waals surface area (Å²) in [6.07, 6.45) is 4.86. The first kappa shape index (κ1) is 11.0.